The number of ether oxygens (including phenoxy) is 3. The number of aryl methyl sites for hydroxylation is 1. The minimum atomic E-state index is -4.76. The smallest absolute Gasteiger partial charge is 0.416 e. The quantitative estimate of drug-likeness (QED) is 0.101. The Balaban J connectivity index is 1.73. The van der Waals surface area contributed by atoms with E-state index in [2.05, 4.69) is 0 Å². The Hall–Kier alpha value is -4.44. The van der Waals surface area contributed by atoms with Crippen molar-refractivity contribution in [3.05, 3.63) is 119 Å². The van der Waals surface area contributed by atoms with E-state index in [0.717, 1.165) is 54.6 Å². The van der Waals surface area contributed by atoms with Crippen molar-refractivity contribution in [3.8, 4) is 17.2 Å². The maximum atomic E-state index is 13.4. The summed E-state index contributed by atoms with van der Waals surface area (Å²) in [6, 6.07) is 16.3. The van der Waals surface area contributed by atoms with Gasteiger partial charge >= 0.3 is 18.5 Å². The molecular formula is C33H27F9O6S. The predicted octanol–water partition coefficient (Wildman–Crippen LogP) is 8.98. The van der Waals surface area contributed by atoms with E-state index in [1.54, 1.807) is 6.92 Å². The standard InChI is InChI=1S/C33H27F9O6S/c1-22-11-13-29(14-12-22)49(43,44)48-21-30(18-45-26-8-2-5-23(15-26)31(34,35)36,19-46-27-9-3-6-24(16-27)32(37,38)39)20-47-28-10-4-7-25(17-28)33(40,41)42/h2-17H,18-21H2,1H3. The van der Waals surface area contributed by atoms with E-state index < -0.39 is 77.2 Å². The molecule has 0 aliphatic carbocycles. The Morgan fingerprint density at radius 2 is 0.857 bits per heavy atom. The van der Waals surface area contributed by atoms with Crippen molar-refractivity contribution < 1.29 is 66.3 Å². The van der Waals surface area contributed by atoms with Crippen LogP contribution in [0, 0.1) is 12.3 Å². The first-order chi connectivity index (χ1) is 22.8. The van der Waals surface area contributed by atoms with Crippen molar-refractivity contribution in [1.82, 2.24) is 0 Å². The van der Waals surface area contributed by atoms with Crippen LogP contribution in [0.5, 0.6) is 17.2 Å². The lowest BCUT2D eigenvalue weighted by molar-refractivity contribution is -0.138. The molecule has 4 rings (SSSR count). The Labute approximate surface area is 275 Å². The van der Waals surface area contributed by atoms with E-state index in [1.165, 1.54) is 24.3 Å². The molecule has 4 aromatic carbocycles. The monoisotopic (exact) mass is 722 g/mol. The highest BCUT2D eigenvalue weighted by atomic mass is 32.2. The van der Waals surface area contributed by atoms with Crippen LogP contribution in [0.3, 0.4) is 0 Å². The summed E-state index contributed by atoms with van der Waals surface area (Å²) >= 11 is 0. The van der Waals surface area contributed by atoms with Crippen LogP contribution in [0.1, 0.15) is 22.3 Å². The zero-order chi connectivity index (χ0) is 36.1. The van der Waals surface area contributed by atoms with Crippen LogP contribution in [-0.4, -0.2) is 34.8 Å². The third kappa shape index (κ3) is 10.5. The molecule has 264 valence electrons. The van der Waals surface area contributed by atoms with Gasteiger partial charge in [-0.3, -0.25) is 4.18 Å². The Morgan fingerprint density at radius 1 is 0.510 bits per heavy atom. The molecule has 4 aromatic rings. The molecule has 0 aliphatic heterocycles. The molecule has 0 heterocycles. The molecule has 0 radical (unpaired) electrons. The Kier molecular flexibility index (Phi) is 11.1. The summed E-state index contributed by atoms with van der Waals surface area (Å²) in [4.78, 5) is -0.289. The van der Waals surface area contributed by atoms with Gasteiger partial charge in [0, 0.05) is 0 Å². The predicted molar refractivity (Wildman–Crippen MR) is 158 cm³/mol. The SMILES string of the molecule is Cc1ccc(S(=O)(=O)OCC(COc2cccc(C(F)(F)F)c2)(COc2cccc(C(F)(F)F)c2)COc2cccc(C(F)(F)F)c2)cc1. The zero-order valence-electron chi connectivity index (χ0n) is 25.3. The van der Waals surface area contributed by atoms with Gasteiger partial charge in [-0.25, -0.2) is 0 Å². The van der Waals surface area contributed by atoms with Crippen molar-refractivity contribution in [2.75, 3.05) is 26.4 Å². The van der Waals surface area contributed by atoms with Gasteiger partial charge in [0.1, 0.15) is 37.1 Å². The fourth-order valence-corrected chi connectivity index (χ4v) is 5.23. The summed E-state index contributed by atoms with van der Waals surface area (Å²) in [5, 5.41) is 0. The van der Waals surface area contributed by atoms with E-state index in [-0.39, 0.29) is 22.1 Å². The molecule has 0 bridgehead atoms. The third-order valence-corrected chi connectivity index (χ3v) is 8.23. The summed E-state index contributed by atoms with van der Waals surface area (Å²) in [7, 11) is -4.55. The number of hydrogen-bond donors (Lipinski definition) is 0. The maximum Gasteiger partial charge on any atom is 0.416 e. The van der Waals surface area contributed by atoms with Crippen LogP contribution < -0.4 is 14.2 Å². The minimum absolute atomic E-state index is 0.289. The molecular weight excluding hydrogens is 695 g/mol. The molecule has 0 atom stereocenters. The lowest BCUT2D eigenvalue weighted by atomic mass is 9.92. The highest BCUT2D eigenvalue weighted by molar-refractivity contribution is 7.86. The first-order valence-electron chi connectivity index (χ1n) is 14.1. The lowest BCUT2D eigenvalue weighted by Crippen LogP contribution is -2.45. The van der Waals surface area contributed by atoms with Gasteiger partial charge in [0.15, 0.2) is 0 Å². The molecule has 0 saturated carbocycles. The maximum absolute atomic E-state index is 13.4. The number of hydrogen-bond acceptors (Lipinski definition) is 6. The average Bonchev–Trinajstić information content (AvgIpc) is 3.03. The largest absolute Gasteiger partial charge is 0.493 e. The van der Waals surface area contributed by atoms with Gasteiger partial charge in [-0.1, -0.05) is 35.9 Å². The molecule has 0 amide bonds. The molecule has 0 unspecified atom stereocenters. The van der Waals surface area contributed by atoms with Gasteiger partial charge in [0.05, 0.1) is 33.6 Å². The van der Waals surface area contributed by atoms with Gasteiger partial charge in [-0.15, -0.1) is 0 Å². The number of alkyl halides is 9. The zero-order valence-corrected chi connectivity index (χ0v) is 26.1. The van der Waals surface area contributed by atoms with Crippen molar-refractivity contribution >= 4 is 10.1 Å². The highest BCUT2D eigenvalue weighted by Gasteiger charge is 2.39. The molecule has 0 N–H and O–H groups in total. The summed E-state index contributed by atoms with van der Waals surface area (Å²) in [6.45, 7) is -1.43. The molecule has 0 saturated heterocycles. The molecule has 16 heteroatoms. The topological polar surface area (TPSA) is 71.1 Å². The number of rotatable bonds is 13. The fraction of sp³-hybridized carbons (Fsp3) is 0.273. The fourth-order valence-electron chi connectivity index (χ4n) is 4.22. The summed E-state index contributed by atoms with van der Waals surface area (Å²) in [5.41, 5.74) is -4.45. The summed E-state index contributed by atoms with van der Waals surface area (Å²) in [5.74, 6) is -1.05. The van der Waals surface area contributed by atoms with E-state index in [9.17, 15) is 47.9 Å². The van der Waals surface area contributed by atoms with Crippen molar-refractivity contribution in [1.29, 1.82) is 0 Å². The van der Waals surface area contributed by atoms with Gasteiger partial charge in [0.2, 0.25) is 0 Å². The number of benzene rings is 4. The van der Waals surface area contributed by atoms with Crippen molar-refractivity contribution in [2.24, 2.45) is 5.41 Å². The lowest BCUT2D eigenvalue weighted by Gasteiger charge is -2.33. The molecule has 0 aliphatic rings. The molecule has 49 heavy (non-hydrogen) atoms. The van der Waals surface area contributed by atoms with Crippen LogP contribution in [0.15, 0.2) is 102 Å². The molecule has 0 fully saturated rings. The number of halogens is 9. The second-order valence-corrected chi connectivity index (χ2v) is 12.6. The first-order valence-corrected chi connectivity index (χ1v) is 15.5. The van der Waals surface area contributed by atoms with Crippen molar-refractivity contribution in [2.45, 2.75) is 30.3 Å². The summed E-state index contributed by atoms with van der Waals surface area (Å²) < 4.78 is 169. The van der Waals surface area contributed by atoms with Gasteiger partial charge in [-0.05, 0) is 73.7 Å². The first kappa shape index (κ1) is 37.4. The van der Waals surface area contributed by atoms with E-state index >= 15 is 0 Å². The Morgan fingerprint density at radius 3 is 1.18 bits per heavy atom. The van der Waals surface area contributed by atoms with Crippen molar-refractivity contribution in [3.63, 3.8) is 0 Å². The third-order valence-electron chi connectivity index (χ3n) is 6.95. The molecule has 0 aromatic heterocycles. The van der Waals surface area contributed by atoms with Gasteiger partial charge < -0.3 is 14.2 Å². The minimum Gasteiger partial charge on any atom is -0.493 e. The highest BCUT2D eigenvalue weighted by Crippen LogP contribution is 2.35. The second-order valence-electron chi connectivity index (χ2n) is 11.0. The van der Waals surface area contributed by atoms with E-state index in [4.69, 9.17) is 18.4 Å². The van der Waals surface area contributed by atoms with E-state index in [0.29, 0.717) is 23.8 Å². The van der Waals surface area contributed by atoms with Gasteiger partial charge in [-0.2, -0.15) is 47.9 Å². The second kappa shape index (κ2) is 14.6. The normalized spacial score (nSPS) is 12.9. The van der Waals surface area contributed by atoms with Crippen LogP contribution in [0.25, 0.3) is 0 Å². The van der Waals surface area contributed by atoms with Crippen LogP contribution in [0.4, 0.5) is 39.5 Å². The summed E-state index contributed by atoms with van der Waals surface area (Å²) in [6.07, 6.45) is -14.3. The van der Waals surface area contributed by atoms with Crippen LogP contribution in [0.2, 0.25) is 0 Å². The Bertz CT molecular complexity index is 1670. The van der Waals surface area contributed by atoms with Crippen LogP contribution in [-0.2, 0) is 32.8 Å². The average molecular weight is 723 g/mol. The molecule has 6 nitrogen and oxygen atoms in total. The van der Waals surface area contributed by atoms with E-state index in [1.807, 2.05) is 0 Å². The molecule has 0 spiro atoms. The van der Waals surface area contributed by atoms with Crippen LogP contribution >= 0.6 is 0 Å². The van der Waals surface area contributed by atoms with Gasteiger partial charge in [0.25, 0.3) is 10.1 Å².